The molecule has 19 heavy (non-hydrogen) atoms. The maximum absolute atomic E-state index is 10.0. The van der Waals surface area contributed by atoms with Crippen molar-refractivity contribution in [1.29, 1.82) is 0 Å². The lowest BCUT2D eigenvalue weighted by atomic mass is 10.0. The third kappa shape index (κ3) is 3.41. The van der Waals surface area contributed by atoms with Crippen LogP contribution in [0.25, 0.3) is 0 Å². The largest absolute Gasteiger partial charge is 0.504 e. The molecule has 0 amide bonds. The average molecular weight is 271 g/mol. The van der Waals surface area contributed by atoms with Crippen LogP contribution in [-0.2, 0) is 0 Å². The van der Waals surface area contributed by atoms with Gasteiger partial charge in [-0.05, 0) is 6.42 Å². The number of methoxy groups -OCH3 is 2. The smallest absolute Gasteiger partial charge is 0.264 e. The minimum atomic E-state index is -0.987. The summed E-state index contributed by atoms with van der Waals surface area (Å²) in [5.41, 5.74) is -0.0197. The van der Waals surface area contributed by atoms with Crippen LogP contribution in [0.2, 0.25) is 0 Å². The number of pyridine rings is 1. The molecule has 0 aliphatic rings. The maximum Gasteiger partial charge on any atom is 0.264 e. The first-order valence-electron chi connectivity index (χ1n) is 6.28. The Morgan fingerprint density at radius 3 is 2.37 bits per heavy atom. The van der Waals surface area contributed by atoms with E-state index in [0.29, 0.717) is 6.42 Å². The molecule has 1 rings (SSSR count). The highest BCUT2D eigenvalue weighted by atomic mass is 16.5. The van der Waals surface area contributed by atoms with E-state index in [-0.39, 0.29) is 22.9 Å². The fourth-order valence-corrected chi connectivity index (χ4v) is 1.90. The third-order valence-electron chi connectivity index (χ3n) is 2.92. The van der Waals surface area contributed by atoms with Crippen LogP contribution in [0.5, 0.6) is 23.3 Å². The summed E-state index contributed by atoms with van der Waals surface area (Å²) in [7, 11) is 2.70. The number of hydrogen-bond acceptors (Lipinski definition) is 6. The SMILES string of the molecule is CCCCCC(O)c1c(O)nc(OC)c(OC)c1O. The van der Waals surface area contributed by atoms with Crippen LogP contribution in [0.4, 0.5) is 0 Å². The summed E-state index contributed by atoms with van der Waals surface area (Å²) in [4.78, 5) is 3.76. The fraction of sp³-hybridized carbons (Fsp3) is 0.615. The van der Waals surface area contributed by atoms with Gasteiger partial charge in [0.2, 0.25) is 11.6 Å². The second kappa shape index (κ2) is 7.04. The lowest BCUT2D eigenvalue weighted by Gasteiger charge is -2.17. The second-order valence-corrected chi connectivity index (χ2v) is 4.25. The number of aromatic nitrogens is 1. The molecule has 0 saturated heterocycles. The van der Waals surface area contributed by atoms with Crippen molar-refractivity contribution in [2.24, 2.45) is 0 Å². The molecule has 0 aliphatic carbocycles. The molecular weight excluding hydrogens is 250 g/mol. The van der Waals surface area contributed by atoms with E-state index >= 15 is 0 Å². The lowest BCUT2D eigenvalue weighted by molar-refractivity contribution is 0.153. The molecule has 1 atom stereocenters. The van der Waals surface area contributed by atoms with E-state index in [4.69, 9.17) is 9.47 Å². The summed E-state index contributed by atoms with van der Waals surface area (Å²) in [6.45, 7) is 2.05. The molecule has 1 aromatic heterocycles. The van der Waals surface area contributed by atoms with E-state index < -0.39 is 12.0 Å². The number of ether oxygens (including phenoxy) is 2. The van der Waals surface area contributed by atoms with E-state index in [1.807, 2.05) is 0 Å². The molecule has 6 heteroatoms. The van der Waals surface area contributed by atoms with E-state index in [2.05, 4.69) is 11.9 Å². The molecule has 1 unspecified atom stereocenters. The summed E-state index contributed by atoms with van der Waals surface area (Å²) < 4.78 is 9.87. The number of hydrogen-bond donors (Lipinski definition) is 3. The van der Waals surface area contributed by atoms with Gasteiger partial charge in [-0.25, -0.2) is 0 Å². The van der Waals surface area contributed by atoms with Crippen LogP contribution in [-0.4, -0.2) is 34.5 Å². The van der Waals surface area contributed by atoms with Crippen molar-refractivity contribution in [2.45, 2.75) is 38.7 Å². The summed E-state index contributed by atoms with van der Waals surface area (Å²) in [5.74, 6) is -0.804. The van der Waals surface area contributed by atoms with Gasteiger partial charge in [0, 0.05) is 0 Å². The monoisotopic (exact) mass is 271 g/mol. The molecular formula is C13H21NO5. The van der Waals surface area contributed by atoms with Crippen LogP contribution in [0, 0.1) is 0 Å². The molecule has 6 nitrogen and oxygen atoms in total. The topological polar surface area (TPSA) is 92.0 Å². The number of aliphatic hydroxyl groups excluding tert-OH is 1. The Bertz CT molecular complexity index is 422. The Kier molecular flexibility index (Phi) is 5.69. The first-order valence-corrected chi connectivity index (χ1v) is 6.28. The van der Waals surface area contributed by atoms with Gasteiger partial charge in [0.25, 0.3) is 5.88 Å². The van der Waals surface area contributed by atoms with Crippen LogP contribution in [0.3, 0.4) is 0 Å². The molecule has 0 saturated carbocycles. The van der Waals surface area contributed by atoms with Gasteiger partial charge in [-0.1, -0.05) is 26.2 Å². The zero-order valence-corrected chi connectivity index (χ0v) is 11.5. The van der Waals surface area contributed by atoms with Crippen molar-refractivity contribution in [2.75, 3.05) is 14.2 Å². The van der Waals surface area contributed by atoms with Crippen LogP contribution in [0.15, 0.2) is 0 Å². The van der Waals surface area contributed by atoms with Crippen molar-refractivity contribution in [1.82, 2.24) is 4.98 Å². The first-order chi connectivity index (χ1) is 9.06. The molecule has 0 fully saturated rings. The van der Waals surface area contributed by atoms with Gasteiger partial charge >= 0.3 is 0 Å². The third-order valence-corrected chi connectivity index (χ3v) is 2.92. The van der Waals surface area contributed by atoms with Gasteiger partial charge in [0.15, 0.2) is 5.75 Å². The van der Waals surface area contributed by atoms with Gasteiger partial charge < -0.3 is 24.8 Å². The Hall–Kier alpha value is -1.69. The molecule has 1 heterocycles. The van der Waals surface area contributed by atoms with Crippen molar-refractivity contribution >= 4 is 0 Å². The Morgan fingerprint density at radius 2 is 1.84 bits per heavy atom. The minimum absolute atomic E-state index is 0.00448. The van der Waals surface area contributed by atoms with Gasteiger partial charge in [-0.15, -0.1) is 0 Å². The van der Waals surface area contributed by atoms with Gasteiger partial charge in [0.05, 0.1) is 25.9 Å². The quantitative estimate of drug-likeness (QED) is 0.658. The fourth-order valence-electron chi connectivity index (χ4n) is 1.90. The number of nitrogens with zero attached hydrogens (tertiary/aromatic N) is 1. The van der Waals surface area contributed by atoms with Gasteiger partial charge in [-0.2, -0.15) is 4.98 Å². The van der Waals surface area contributed by atoms with Crippen molar-refractivity contribution < 1.29 is 24.8 Å². The molecule has 0 aromatic carbocycles. The summed E-state index contributed by atoms with van der Waals surface area (Å²) in [5, 5.41) is 29.9. The molecule has 0 spiro atoms. The summed E-state index contributed by atoms with van der Waals surface area (Å²) >= 11 is 0. The van der Waals surface area contributed by atoms with E-state index in [1.165, 1.54) is 14.2 Å². The maximum atomic E-state index is 10.0. The molecule has 0 aliphatic heterocycles. The predicted octanol–water partition coefficient (Wildman–Crippen LogP) is 2.12. The number of aromatic hydroxyl groups is 2. The molecule has 1 aromatic rings. The zero-order chi connectivity index (χ0) is 14.4. The highest BCUT2D eigenvalue weighted by Gasteiger charge is 2.25. The Balaban J connectivity index is 3.06. The van der Waals surface area contributed by atoms with Crippen LogP contribution < -0.4 is 9.47 Å². The normalized spacial score (nSPS) is 12.2. The van der Waals surface area contributed by atoms with Crippen molar-refractivity contribution in [3.05, 3.63) is 5.56 Å². The highest BCUT2D eigenvalue weighted by Crippen LogP contribution is 2.45. The number of unbranched alkanes of at least 4 members (excludes halogenated alkanes) is 2. The van der Waals surface area contributed by atoms with Gasteiger partial charge in [-0.3, -0.25) is 0 Å². The van der Waals surface area contributed by atoms with Gasteiger partial charge in [0.1, 0.15) is 0 Å². The second-order valence-electron chi connectivity index (χ2n) is 4.25. The van der Waals surface area contributed by atoms with E-state index in [9.17, 15) is 15.3 Å². The van der Waals surface area contributed by atoms with E-state index in [1.54, 1.807) is 0 Å². The summed E-state index contributed by atoms with van der Waals surface area (Å²) in [6.07, 6.45) is 2.24. The molecule has 108 valence electrons. The van der Waals surface area contributed by atoms with Crippen LogP contribution in [0.1, 0.15) is 44.3 Å². The van der Waals surface area contributed by atoms with Crippen molar-refractivity contribution in [3.63, 3.8) is 0 Å². The lowest BCUT2D eigenvalue weighted by Crippen LogP contribution is -2.03. The highest BCUT2D eigenvalue weighted by molar-refractivity contribution is 5.55. The minimum Gasteiger partial charge on any atom is -0.504 e. The standard InChI is InChI=1S/C13H21NO5/c1-4-5-6-7-8(15)9-10(16)11(18-2)13(19-3)14-12(9)17/h8,15H,4-7H2,1-3H3,(H2,14,16,17). The number of rotatable bonds is 7. The number of aliphatic hydroxyl groups is 1. The van der Waals surface area contributed by atoms with E-state index in [0.717, 1.165) is 19.3 Å². The first kappa shape index (κ1) is 15.4. The average Bonchev–Trinajstić information content (AvgIpc) is 2.38. The molecule has 0 bridgehead atoms. The predicted molar refractivity (Wildman–Crippen MR) is 69.8 cm³/mol. The molecule has 3 N–H and O–H groups in total. The van der Waals surface area contributed by atoms with Crippen LogP contribution >= 0.6 is 0 Å². The Labute approximate surface area is 112 Å². The summed E-state index contributed by atoms with van der Waals surface area (Å²) in [6, 6.07) is 0. The Morgan fingerprint density at radius 1 is 1.16 bits per heavy atom. The zero-order valence-electron chi connectivity index (χ0n) is 11.5. The van der Waals surface area contributed by atoms with Crippen molar-refractivity contribution in [3.8, 4) is 23.3 Å². The molecule has 0 radical (unpaired) electrons.